The first kappa shape index (κ1) is 18.1. The second-order valence-corrected chi connectivity index (χ2v) is 6.02. The summed E-state index contributed by atoms with van der Waals surface area (Å²) < 4.78 is 10.6. The van der Waals surface area contributed by atoms with Gasteiger partial charge in [-0.1, -0.05) is 0 Å². The lowest BCUT2D eigenvalue weighted by Crippen LogP contribution is -2.37. The van der Waals surface area contributed by atoms with Gasteiger partial charge in [0.15, 0.2) is 0 Å². The minimum absolute atomic E-state index is 0.0168. The summed E-state index contributed by atoms with van der Waals surface area (Å²) in [6.07, 6.45) is 0.548. The highest BCUT2D eigenvalue weighted by molar-refractivity contribution is 5.94. The van der Waals surface area contributed by atoms with Crippen molar-refractivity contribution in [2.75, 3.05) is 32.8 Å². The fraction of sp³-hybridized carbons (Fsp3) is 0.556. The molecule has 6 heteroatoms. The van der Waals surface area contributed by atoms with Crippen molar-refractivity contribution in [3.63, 3.8) is 0 Å². The average molecular weight is 334 g/mol. The normalized spacial score (nSPS) is 15.2. The number of hydrogen-bond donors (Lipinski definition) is 0. The highest BCUT2D eigenvalue weighted by Crippen LogP contribution is 2.16. The first-order valence-corrected chi connectivity index (χ1v) is 8.49. The Hall–Kier alpha value is -2.24. The van der Waals surface area contributed by atoms with E-state index in [2.05, 4.69) is 0 Å². The zero-order chi connectivity index (χ0) is 17.5. The van der Waals surface area contributed by atoms with E-state index in [0.717, 1.165) is 12.2 Å². The van der Waals surface area contributed by atoms with Gasteiger partial charge in [0.05, 0.1) is 12.7 Å². The zero-order valence-corrected chi connectivity index (χ0v) is 14.7. The molecule has 1 saturated heterocycles. The fourth-order valence-corrected chi connectivity index (χ4v) is 2.65. The maximum atomic E-state index is 12.6. The van der Waals surface area contributed by atoms with Gasteiger partial charge in [0.25, 0.3) is 5.91 Å². The molecule has 0 aliphatic carbocycles. The van der Waals surface area contributed by atoms with E-state index in [1.807, 2.05) is 26.0 Å². The lowest BCUT2D eigenvalue weighted by Gasteiger charge is -2.22. The van der Waals surface area contributed by atoms with Gasteiger partial charge in [-0.2, -0.15) is 0 Å². The topological polar surface area (TPSA) is 59.1 Å². The SMILES string of the molecule is CCOC(=O)N1CCCN(C(=O)c2ccc(OC(C)C)cc2)CC1. The minimum atomic E-state index is -0.304. The van der Waals surface area contributed by atoms with Crippen LogP contribution in [0.15, 0.2) is 24.3 Å². The number of nitrogens with zero attached hydrogens (tertiary/aromatic N) is 2. The predicted molar refractivity (Wildman–Crippen MR) is 91.3 cm³/mol. The van der Waals surface area contributed by atoms with E-state index in [-0.39, 0.29) is 18.1 Å². The lowest BCUT2D eigenvalue weighted by atomic mass is 10.2. The van der Waals surface area contributed by atoms with Crippen LogP contribution in [-0.2, 0) is 4.74 Å². The van der Waals surface area contributed by atoms with Gasteiger partial charge in [-0.3, -0.25) is 4.79 Å². The molecule has 2 amide bonds. The van der Waals surface area contributed by atoms with Crippen molar-refractivity contribution in [2.45, 2.75) is 33.3 Å². The number of hydrogen-bond acceptors (Lipinski definition) is 4. The van der Waals surface area contributed by atoms with E-state index >= 15 is 0 Å². The molecule has 1 heterocycles. The van der Waals surface area contributed by atoms with Crippen molar-refractivity contribution in [3.8, 4) is 5.75 Å². The third kappa shape index (κ3) is 4.88. The van der Waals surface area contributed by atoms with Crippen LogP contribution in [0.4, 0.5) is 4.79 Å². The standard InChI is InChI=1S/C18H26N2O4/c1-4-23-18(22)20-11-5-10-19(12-13-20)17(21)15-6-8-16(9-7-15)24-14(2)3/h6-9,14H,4-5,10-13H2,1-3H3. The number of amides is 2. The lowest BCUT2D eigenvalue weighted by molar-refractivity contribution is 0.0753. The number of ether oxygens (including phenoxy) is 2. The van der Waals surface area contributed by atoms with Gasteiger partial charge < -0.3 is 19.3 Å². The van der Waals surface area contributed by atoms with Crippen LogP contribution >= 0.6 is 0 Å². The van der Waals surface area contributed by atoms with Crippen molar-refractivity contribution in [1.29, 1.82) is 0 Å². The Kier molecular flexibility index (Phi) is 6.46. The molecule has 1 aromatic carbocycles. The molecule has 1 aromatic rings. The highest BCUT2D eigenvalue weighted by atomic mass is 16.6. The van der Waals surface area contributed by atoms with Crippen LogP contribution < -0.4 is 4.74 Å². The van der Waals surface area contributed by atoms with E-state index < -0.39 is 0 Å². The summed E-state index contributed by atoms with van der Waals surface area (Å²) in [6, 6.07) is 7.20. The molecule has 0 saturated carbocycles. The van der Waals surface area contributed by atoms with Crippen LogP contribution in [0, 0.1) is 0 Å². The molecule has 0 atom stereocenters. The van der Waals surface area contributed by atoms with Crippen molar-refractivity contribution < 1.29 is 19.1 Å². The summed E-state index contributed by atoms with van der Waals surface area (Å²) in [5.41, 5.74) is 0.635. The van der Waals surface area contributed by atoms with Gasteiger partial charge in [0.1, 0.15) is 5.75 Å². The molecule has 132 valence electrons. The molecule has 0 aromatic heterocycles. The maximum absolute atomic E-state index is 12.6. The molecule has 2 rings (SSSR count). The molecule has 24 heavy (non-hydrogen) atoms. The maximum Gasteiger partial charge on any atom is 0.409 e. The molecule has 1 aliphatic heterocycles. The van der Waals surface area contributed by atoms with E-state index in [0.29, 0.717) is 38.3 Å². The summed E-state index contributed by atoms with van der Waals surface area (Å²) in [6.45, 7) is 8.35. The Morgan fingerprint density at radius 1 is 1.04 bits per heavy atom. The average Bonchev–Trinajstić information content (AvgIpc) is 2.81. The third-order valence-electron chi connectivity index (χ3n) is 3.78. The van der Waals surface area contributed by atoms with E-state index in [1.165, 1.54) is 0 Å². The van der Waals surface area contributed by atoms with Gasteiger partial charge in [0.2, 0.25) is 0 Å². The Morgan fingerprint density at radius 3 is 2.29 bits per heavy atom. The summed E-state index contributed by atoms with van der Waals surface area (Å²) in [4.78, 5) is 27.9. The van der Waals surface area contributed by atoms with E-state index in [9.17, 15) is 9.59 Å². The van der Waals surface area contributed by atoms with E-state index in [4.69, 9.17) is 9.47 Å². The molecule has 1 aliphatic rings. The van der Waals surface area contributed by atoms with Crippen molar-refractivity contribution in [1.82, 2.24) is 9.80 Å². The molecule has 0 radical (unpaired) electrons. The van der Waals surface area contributed by atoms with Gasteiger partial charge >= 0.3 is 6.09 Å². The minimum Gasteiger partial charge on any atom is -0.491 e. The molecule has 6 nitrogen and oxygen atoms in total. The molecule has 0 spiro atoms. The van der Waals surface area contributed by atoms with Crippen LogP contribution in [0.25, 0.3) is 0 Å². The molecule has 1 fully saturated rings. The smallest absolute Gasteiger partial charge is 0.409 e. The number of benzene rings is 1. The summed E-state index contributed by atoms with van der Waals surface area (Å²) in [5.74, 6) is 0.739. The first-order valence-electron chi connectivity index (χ1n) is 8.49. The van der Waals surface area contributed by atoms with Crippen molar-refractivity contribution in [2.24, 2.45) is 0 Å². The van der Waals surface area contributed by atoms with Gasteiger partial charge in [-0.15, -0.1) is 0 Å². The fourth-order valence-electron chi connectivity index (χ4n) is 2.65. The van der Waals surface area contributed by atoms with Crippen molar-refractivity contribution in [3.05, 3.63) is 29.8 Å². The summed E-state index contributed by atoms with van der Waals surface area (Å²) in [5, 5.41) is 0. The summed E-state index contributed by atoms with van der Waals surface area (Å²) >= 11 is 0. The molecular formula is C18H26N2O4. The Morgan fingerprint density at radius 2 is 1.67 bits per heavy atom. The zero-order valence-electron chi connectivity index (χ0n) is 14.7. The monoisotopic (exact) mass is 334 g/mol. The molecule has 0 bridgehead atoms. The van der Waals surface area contributed by atoms with E-state index in [1.54, 1.807) is 28.9 Å². The molecule has 0 N–H and O–H groups in total. The second-order valence-electron chi connectivity index (χ2n) is 6.02. The molecular weight excluding hydrogens is 308 g/mol. The van der Waals surface area contributed by atoms with Gasteiger partial charge in [-0.05, 0) is 51.5 Å². The van der Waals surface area contributed by atoms with Crippen LogP contribution in [0.1, 0.15) is 37.6 Å². The quantitative estimate of drug-likeness (QED) is 0.849. The number of carbonyl (C=O) groups excluding carboxylic acids is 2. The van der Waals surface area contributed by atoms with Crippen LogP contribution in [0.2, 0.25) is 0 Å². The molecule has 0 unspecified atom stereocenters. The van der Waals surface area contributed by atoms with Crippen LogP contribution in [-0.4, -0.2) is 60.7 Å². The van der Waals surface area contributed by atoms with Crippen LogP contribution in [0.3, 0.4) is 0 Å². The number of rotatable bonds is 4. The van der Waals surface area contributed by atoms with Gasteiger partial charge in [-0.25, -0.2) is 4.79 Å². The van der Waals surface area contributed by atoms with Crippen LogP contribution in [0.5, 0.6) is 5.75 Å². The number of carbonyl (C=O) groups is 2. The Balaban J connectivity index is 1.96. The summed E-state index contributed by atoms with van der Waals surface area (Å²) in [7, 11) is 0. The van der Waals surface area contributed by atoms with Gasteiger partial charge in [0, 0.05) is 31.7 Å². The first-order chi connectivity index (χ1) is 11.5. The van der Waals surface area contributed by atoms with Crippen molar-refractivity contribution >= 4 is 12.0 Å². The Labute approximate surface area is 143 Å². The largest absolute Gasteiger partial charge is 0.491 e. The predicted octanol–water partition coefficient (Wildman–Crippen LogP) is 2.78. The highest BCUT2D eigenvalue weighted by Gasteiger charge is 2.23. The third-order valence-corrected chi connectivity index (χ3v) is 3.78. The Bertz CT molecular complexity index is 557. The second kappa shape index (κ2) is 8.57.